The molecule has 2 aromatic carbocycles. The Morgan fingerprint density at radius 2 is 0.980 bits per heavy atom. The van der Waals surface area contributed by atoms with Crippen LogP contribution in [-0.2, 0) is 9.59 Å². The number of likely N-dealkylation sites (N-methyl/N-ethyl adjacent to an activating group) is 2. The summed E-state index contributed by atoms with van der Waals surface area (Å²) in [6, 6.07) is 16.8. The number of carbonyl (C=O) groups excluding carboxylic acids is 2. The van der Waals surface area contributed by atoms with Gasteiger partial charge in [-0.05, 0) is 88.0 Å². The van der Waals surface area contributed by atoms with Crippen LogP contribution in [0.2, 0.25) is 0 Å². The highest BCUT2D eigenvalue weighted by atomic mass is 16.2. The van der Waals surface area contributed by atoms with Gasteiger partial charge in [-0.2, -0.15) is 0 Å². The summed E-state index contributed by atoms with van der Waals surface area (Å²) in [5, 5.41) is 0. The standard InChI is InChI=1S/C40H54N8O2/c1-7-45(8-2)27(5)39(49)47-23-11-13-35(47)37-41-25-33(43-37)31-19-15-29(16-20-31)30-17-21-32(22-18-30)34-26-42-38(44-34)36-14-12-24-48(36)40(50)28(6)46(9-3)10-4/h15-22,25-28,35-36H,7-14,23-24H2,1-6H3,(H,41,43)(H,42,44)/t27-,28-,35+,36+/m1/s1. The van der Waals surface area contributed by atoms with Crippen LogP contribution in [0.5, 0.6) is 0 Å². The fourth-order valence-electron chi connectivity index (χ4n) is 7.95. The molecule has 4 aromatic rings. The summed E-state index contributed by atoms with van der Waals surface area (Å²) < 4.78 is 0. The van der Waals surface area contributed by atoms with E-state index in [9.17, 15) is 9.59 Å². The number of nitrogens with one attached hydrogen (secondary N) is 2. The number of benzene rings is 2. The minimum Gasteiger partial charge on any atom is -0.340 e. The van der Waals surface area contributed by atoms with E-state index in [0.29, 0.717) is 0 Å². The fraction of sp³-hybridized carbons (Fsp3) is 0.500. The number of nitrogens with zero attached hydrogens (tertiary/aromatic N) is 6. The average molecular weight is 679 g/mol. The summed E-state index contributed by atoms with van der Waals surface area (Å²) in [6.07, 6.45) is 7.60. The molecule has 0 aliphatic carbocycles. The van der Waals surface area contributed by atoms with E-state index in [1.807, 2.05) is 36.0 Å². The second-order valence-corrected chi connectivity index (χ2v) is 13.7. The van der Waals surface area contributed by atoms with Gasteiger partial charge in [-0.1, -0.05) is 76.2 Å². The van der Waals surface area contributed by atoms with Gasteiger partial charge in [0.1, 0.15) is 11.6 Å². The first-order chi connectivity index (χ1) is 24.3. The predicted octanol–water partition coefficient (Wildman–Crippen LogP) is 6.92. The number of H-pyrrole nitrogens is 2. The van der Waals surface area contributed by atoms with E-state index < -0.39 is 0 Å². The molecule has 0 radical (unpaired) electrons. The first-order valence-electron chi connectivity index (χ1n) is 18.7. The molecule has 10 heteroatoms. The monoisotopic (exact) mass is 678 g/mol. The van der Waals surface area contributed by atoms with Crippen LogP contribution < -0.4 is 0 Å². The lowest BCUT2D eigenvalue weighted by Gasteiger charge is -2.31. The molecule has 50 heavy (non-hydrogen) atoms. The lowest BCUT2D eigenvalue weighted by molar-refractivity contribution is -0.138. The van der Waals surface area contributed by atoms with Crippen LogP contribution in [0.3, 0.4) is 0 Å². The Hall–Kier alpha value is -4.28. The molecule has 2 N–H and O–H groups in total. The Bertz CT molecular complexity index is 1590. The third kappa shape index (κ3) is 7.14. The number of rotatable bonds is 13. The highest BCUT2D eigenvalue weighted by molar-refractivity contribution is 5.83. The molecule has 10 nitrogen and oxygen atoms in total. The van der Waals surface area contributed by atoms with Gasteiger partial charge in [0.05, 0.1) is 47.9 Å². The van der Waals surface area contributed by atoms with Crippen LogP contribution in [0.1, 0.15) is 91.0 Å². The van der Waals surface area contributed by atoms with Crippen LogP contribution >= 0.6 is 0 Å². The van der Waals surface area contributed by atoms with Gasteiger partial charge in [0.15, 0.2) is 0 Å². The molecule has 0 spiro atoms. The molecule has 2 amide bonds. The Morgan fingerprint density at radius 1 is 0.640 bits per heavy atom. The van der Waals surface area contributed by atoms with Gasteiger partial charge in [-0.25, -0.2) is 9.97 Å². The number of aromatic nitrogens is 4. The molecule has 0 bridgehead atoms. The minimum absolute atomic E-state index is 0.0150. The molecule has 4 heterocycles. The molecule has 2 aromatic heterocycles. The topological polar surface area (TPSA) is 104 Å². The lowest BCUT2D eigenvalue weighted by Crippen LogP contribution is -2.46. The van der Waals surface area contributed by atoms with Crippen molar-refractivity contribution in [2.24, 2.45) is 0 Å². The third-order valence-corrected chi connectivity index (χ3v) is 11.1. The number of amides is 2. The SMILES string of the molecule is CCN(CC)[C@H](C)C(=O)N1CCC[C@H]1c1ncc(-c2ccc(-c3ccc(-c4cnc([C@@H]5CCCN5C(=O)[C@@H](C)N(CC)CC)[nH]4)cc3)cc2)[nH]1. The van der Waals surface area contributed by atoms with E-state index in [0.717, 1.165) is 110 Å². The number of likely N-dealkylation sites (tertiary alicyclic amines) is 2. The molecule has 0 saturated carbocycles. The van der Waals surface area contributed by atoms with Crippen molar-refractivity contribution >= 4 is 11.8 Å². The molecule has 4 atom stereocenters. The van der Waals surface area contributed by atoms with E-state index in [-0.39, 0.29) is 36.0 Å². The maximum atomic E-state index is 13.4. The molecule has 266 valence electrons. The molecular formula is C40H54N8O2. The number of aromatic amines is 2. The summed E-state index contributed by atoms with van der Waals surface area (Å²) in [4.78, 5) is 51.8. The predicted molar refractivity (Wildman–Crippen MR) is 199 cm³/mol. The van der Waals surface area contributed by atoms with Gasteiger partial charge in [-0.3, -0.25) is 19.4 Å². The normalized spacial score (nSPS) is 19.1. The van der Waals surface area contributed by atoms with Crippen LogP contribution in [-0.4, -0.2) is 103 Å². The summed E-state index contributed by atoms with van der Waals surface area (Å²) >= 11 is 0. The summed E-state index contributed by atoms with van der Waals surface area (Å²) in [7, 11) is 0. The van der Waals surface area contributed by atoms with Crippen molar-refractivity contribution in [1.82, 2.24) is 39.5 Å². The maximum Gasteiger partial charge on any atom is 0.240 e. The van der Waals surface area contributed by atoms with Gasteiger partial charge in [0.2, 0.25) is 11.8 Å². The van der Waals surface area contributed by atoms with Gasteiger partial charge >= 0.3 is 0 Å². The Kier molecular flexibility index (Phi) is 11.2. The Balaban J connectivity index is 1.10. The van der Waals surface area contributed by atoms with Crippen molar-refractivity contribution in [2.45, 2.75) is 91.4 Å². The van der Waals surface area contributed by atoms with Gasteiger partial charge < -0.3 is 19.8 Å². The lowest BCUT2D eigenvalue weighted by atomic mass is 10.0. The van der Waals surface area contributed by atoms with Crippen molar-refractivity contribution in [2.75, 3.05) is 39.3 Å². The second kappa shape index (κ2) is 15.7. The van der Waals surface area contributed by atoms with Crippen molar-refractivity contribution in [3.8, 4) is 33.6 Å². The molecule has 0 unspecified atom stereocenters. The van der Waals surface area contributed by atoms with E-state index in [2.05, 4.69) is 96.0 Å². The summed E-state index contributed by atoms with van der Waals surface area (Å²) in [6.45, 7) is 17.4. The Morgan fingerprint density at radius 3 is 1.32 bits per heavy atom. The van der Waals surface area contributed by atoms with E-state index in [1.165, 1.54) is 0 Å². The first-order valence-corrected chi connectivity index (χ1v) is 18.7. The minimum atomic E-state index is -0.134. The third-order valence-electron chi connectivity index (χ3n) is 11.1. The molecule has 2 aliphatic rings. The zero-order chi connectivity index (χ0) is 35.4. The summed E-state index contributed by atoms with van der Waals surface area (Å²) in [5.41, 5.74) is 6.30. The average Bonchev–Trinajstić information content (AvgIpc) is 3.99. The van der Waals surface area contributed by atoms with Gasteiger partial charge in [0, 0.05) is 13.1 Å². The second-order valence-electron chi connectivity index (χ2n) is 13.7. The van der Waals surface area contributed by atoms with Crippen LogP contribution in [0.15, 0.2) is 60.9 Å². The van der Waals surface area contributed by atoms with E-state index >= 15 is 0 Å². The fourth-order valence-corrected chi connectivity index (χ4v) is 7.95. The smallest absolute Gasteiger partial charge is 0.240 e. The highest BCUT2D eigenvalue weighted by Gasteiger charge is 2.36. The highest BCUT2D eigenvalue weighted by Crippen LogP contribution is 2.35. The molecule has 2 fully saturated rings. The van der Waals surface area contributed by atoms with E-state index in [4.69, 9.17) is 9.97 Å². The van der Waals surface area contributed by atoms with Crippen LogP contribution in [0.25, 0.3) is 33.6 Å². The zero-order valence-corrected chi connectivity index (χ0v) is 30.7. The largest absolute Gasteiger partial charge is 0.340 e. The first kappa shape index (κ1) is 35.5. The van der Waals surface area contributed by atoms with Gasteiger partial charge in [0.25, 0.3) is 0 Å². The van der Waals surface area contributed by atoms with Crippen LogP contribution in [0.4, 0.5) is 0 Å². The van der Waals surface area contributed by atoms with Crippen LogP contribution in [0, 0.1) is 0 Å². The van der Waals surface area contributed by atoms with Crippen molar-refractivity contribution in [3.05, 3.63) is 72.6 Å². The molecule has 2 saturated heterocycles. The number of hydrogen-bond acceptors (Lipinski definition) is 6. The maximum absolute atomic E-state index is 13.4. The van der Waals surface area contributed by atoms with E-state index in [1.54, 1.807) is 0 Å². The van der Waals surface area contributed by atoms with Crippen molar-refractivity contribution < 1.29 is 9.59 Å². The number of imidazole rings is 2. The molecular weight excluding hydrogens is 624 g/mol. The quantitative estimate of drug-likeness (QED) is 0.159. The molecule has 2 aliphatic heterocycles. The number of hydrogen-bond donors (Lipinski definition) is 2. The Labute approximate surface area is 297 Å². The molecule has 6 rings (SSSR count). The zero-order valence-electron chi connectivity index (χ0n) is 30.7. The van der Waals surface area contributed by atoms with Gasteiger partial charge in [-0.15, -0.1) is 0 Å². The number of carbonyl (C=O) groups is 2. The summed E-state index contributed by atoms with van der Waals surface area (Å²) in [5.74, 6) is 2.09. The van der Waals surface area contributed by atoms with Crippen molar-refractivity contribution in [3.63, 3.8) is 0 Å². The van der Waals surface area contributed by atoms with Crippen molar-refractivity contribution in [1.29, 1.82) is 0 Å².